The van der Waals surface area contributed by atoms with Gasteiger partial charge in [-0.25, -0.2) is 0 Å². The van der Waals surface area contributed by atoms with Crippen LogP contribution in [0.15, 0.2) is 24.3 Å². The third-order valence-corrected chi connectivity index (χ3v) is 2.99. The molecule has 1 aromatic rings. The van der Waals surface area contributed by atoms with Crippen LogP contribution in [0.3, 0.4) is 0 Å². The molecule has 0 aromatic heterocycles. The highest BCUT2D eigenvalue weighted by molar-refractivity contribution is 6.00. The van der Waals surface area contributed by atoms with E-state index in [0.29, 0.717) is 5.56 Å². The standard InChI is InChI=1S/C15H23NO/c1-5-6-11-7-9-12(10-8-11)13(17)14(16)15(2,3)4/h7-10,14H,5-6,16H2,1-4H3. The van der Waals surface area contributed by atoms with Gasteiger partial charge in [0, 0.05) is 5.56 Å². The maximum Gasteiger partial charge on any atom is 0.180 e. The lowest BCUT2D eigenvalue weighted by molar-refractivity contribution is 0.0901. The third-order valence-electron chi connectivity index (χ3n) is 2.99. The number of aryl methyl sites for hydroxylation is 1. The predicted molar refractivity (Wildman–Crippen MR) is 72.2 cm³/mol. The van der Waals surface area contributed by atoms with Gasteiger partial charge >= 0.3 is 0 Å². The van der Waals surface area contributed by atoms with E-state index >= 15 is 0 Å². The fourth-order valence-corrected chi connectivity index (χ4v) is 1.70. The van der Waals surface area contributed by atoms with Crippen molar-refractivity contribution in [3.8, 4) is 0 Å². The van der Waals surface area contributed by atoms with E-state index in [0.717, 1.165) is 12.8 Å². The molecular weight excluding hydrogens is 210 g/mol. The van der Waals surface area contributed by atoms with Crippen LogP contribution in [0.2, 0.25) is 0 Å². The summed E-state index contributed by atoms with van der Waals surface area (Å²) in [7, 11) is 0. The number of benzene rings is 1. The molecule has 0 saturated carbocycles. The Morgan fingerprint density at radius 1 is 1.24 bits per heavy atom. The van der Waals surface area contributed by atoms with Crippen LogP contribution in [0.4, 0.5) is 0 Å². The van der Waals surface area contributed by atoms with E-state index in [-0.39, 0.29) is 11.2 Å². The number of carbonyl (C=O) groups excluding carboxylic acids is 1. The summed E-state index contributed by atoms with van der Waals surface area (Å²) in [6, 6.07) is 7.37. The molecule has 0 amide bonds. The highest BCUT2D eigenvalue weighted by atomic mass is 16.1. The van der Waals surface area contributed by atoms with Crippen molar-refractivity contribution in [2.75, 3.05) is 0 Å². The Hall–Kier alpha value is -1.15. The van der Waals surface area contributed by atoms with Gasteiger partial charge in [0.25, 0.3) is 0 Å². The maximum atomic E-state index is 12.1. The number of Topliss-reactive ketones (excluding diaryl/α,β-unsaturated/α-hetero) is 1. The van der Waals surface area contributed by atoms with Gasteiger partial charge in [-0.2, -0.15) is 0 Å². The highest BCUT2D eigenvalue weighted by Gasteiger charge is 2.27. The van der Waals surface area contributed by atoms with E-state index in [1.54, 1.807) is 0 Å². The van der Waals surface area contributed by atoms with E-state index in [2.05, 4.69) is 6.92 Å². The van der Waals surface area contributed by atoms with Crippen molar-refractivity contribution in [3.05, 3.63) is 35.4 Å². The van der Waals surface area contributed by atoms with Gasteiger partial charge in [0.05, 0.1) is 6.04 Å². The van der Waals surface area contributed by atoms with Gasteiger partial charge in [-0.1, -0.05) is 58.4 Å². The van der Waals surface area contributed by atoms with Crippen molar-refractivity contribution in [1.82, 2.24) is 0 Å². The van der Waals surface area contributed by atoms with Gasteiger partial charge in [-0.05, 0) is 17.4 Å². The van der Waals surface area contributed by atoms with E-state index in [1.807, 2.05) is 45.0 Å². The molecule has 94 valence electrons. The largest absolute Gasteiger partial charge is 0.321 e. The number of nitrogens with two attached hydrogens (primary N) is 1. The third kappa shape index (κ3) is 3.67. The molecule has 0 saturated heterocycles. The Morgan fingerprint density at radius 2 is 1.76 bits per heavy atom. The first-order valence-corrected chi connectivity index (χ1v) is 6.25. The Balaban J connectivity index is 2.83. The van der Waals surface area contributed by atoms with E-state index in [4.69, 9.17) is 5.73 Å². The first-order valence-electron chi connectivity index (χ1n) is 6.25. The molecule has 17 heavy (non-hydrogen) atoms. The Bertz CT molecular complexity index is 373. The smallest absolute Gasteiger partial charge is 0.180 e. The van der Waals surface area contributed by atoms with Gasteiger partial charge in [0.1, 0.15) is 0 Å². The van der Waals surface area contributed by atoms with Crippen molar-refractivity contribution in [3.63, 3.8) is 0 Å². The average Bonchev–Trinajstić information content (AvgIpc) is 2.27. The monoisotopic (exact) mass is 233 g/mol. The van der Waals surface area contributed by atoms with Crippen LogP contribution in [0, 0.1) is 5.41 Å². The van der Waals surface area contributed by atoms with Crippen LogP contribution in [0.5, 0.6) is 0 Å². The quantitative estimate of drug-likeness (QED) is 0.812. The van der Waals surface area contributed by atoms with Crippen molar-refractivity contribution >= 4 is 5.78 Å². The van der Waals surface area contributed by atoms with Crippen LogP contribution >= 0.6 is 0 Å². The minimum atomic E-state index is -0.445. The summed E-state index contributed by atoms with van der Waals surface area (Å²) < 4.78 is 0. The molecule has 2 heteroatoms. The molecule has 1 atom stereocenters. The summed E-state index contributed by atoms with van der Waals surface area (Å²) >= 11 is 0. The Morgan fingerprint density at radius 3 is 2.18 bits per heavy atom. The van der Waals surface area contributed by atoms with Gasteiger partial charge in [0.15, 0.2) is 5.78 Å². The van der Waals surface area contributed by atoms with Crippen molar-refractivity contribution < 1.29 is 4.79 Å². The number of rotatable bonds is 4. The molecule has 1 rings (SSSR count). The second kappa shape index (κ2) is 5.46. The van der Waals surface area contributed by atoms with Crippen LogP contribution in [0.25, 0.3) is 0 Å². The molecule has 2 nitrogen and oxygen atoms in total. The fourth-order valence-electron chi connectivity index (χ4n) is 1.70. The zero-order valence-electron chi connectivity index (χ0n) is 11.3. The van der Waals surface area contributed by atoms with Gasteiger partial charge < -0.3 is 5.73 Å². The van der Waals surface area contributed by atoms with Crippen molar-refractivity contribution in [2.24, 2.45) is 11.1 Å². The number of hydrogen-bond acceptors (Lipinski definition) is 2. The minimum absolute atomic E-state index is 0.0283. The van der Waals surface area contributed by atoms with Gasteiger partial charge in [0.2, 0.25) is 0 Å². The van der Waals surface area contributed by atoms with Crippen molar-refractivity contribution in [2.45, 2.75) is 46.6 Å². The fraction of sp³-hybridized carbons (Fsp3) is 0.533. The van der Waals surface area contributed by atoms with E-state index in [9.17, 15) is 4.79 Å². The predicted octanol–water partition coefficient (Wildman–Crippen LogP) is 3.20. The maximum absolute atomic E-state index is 12.1. The number of ketones is 1. The van der Waals surface area contributed by atoms with Gasteiger partial charge in [-0.15, -0.1) is 0 Å². The normalized spacial score (nSPS) is 13.5. The molecule has 0 heterocycles. The molecule has 0 fully saturated rings. The molecule has 0 spiro atoms. The zero-order valence-corrected chi connectivity index (χ0v) is 11.3. The summed E-state index contributed by atoms with van der Waals surface area (Å²) in [4.78, 5) is 12.1. The first-order chi connectivity index (χ1) is 7.86. The molecule has 1 unspecified atom stereocenters. The molecule has 0 aliphatic heterocycles. The molecule has 0 bridgehead atoms. The summed E-state index contributed by atoms with van der Waals surface area (Å²) in [5.41, 5.74) is 7.76. The molecule has 1 aromatic carbocycles. The molecule has 0 radical (unpaired) electrons. The van der Waals surface area contributed by atoms with Crippen molar-refractivity contribution in [1.29, 1.82) is 0 Å². The molecular formula is C15H23NO. The molecule has 2 N–H and O–H groups in total. The van der Waals surface area contributed by atoms with Crippen LogP contribution in [0.1, 0.15) is 50.0 Å². The number of hydrogen-bond donors (Lipinski definition) is 1. The first kappa shape index (κ1) is 13.9. The Kier molecular flexibility index (Phi) is 4.47. The summed E-state index contributed by atoms with van der Waals surface area (Å²) in [6.45, 7) is 8.11. The zero-order chi connectivity index (χ0) is 13.1. The second-order valence-corrected chi connectivity index (χ2v) is 5.65. The average molecular weight is 233 g/mol. The lowest BCUT2D eigenvalue weighted by Gasteiger charge is -2.25. The lowest BCUT2D eigenvalue weighted by atomic mass is 9.83. The van der Waals surface area contributed by atoms with E-state index in [1.165, 1.54) is 5.56 Å². The highest BCUT2D eigenvalue weighted by Crippen LogP contribution is 2.21. The van der Waals surface area contributed by atoms with Crippen LogP contribution in [-0.2, 0) is 6.42 Å². The summed E-state index contributed by atoms with van der Waals surface area (Å²) in [6.07, 6.45) is 2.18. The SMILES string of the molecule is CCCc1ccc(C(=O)C(N)C(C)(C)C)cc1. The molecule has 0 aliphatic carbocycles. The van der Waals surface area contributed by atoms with E-state index < -0.39 is 6.04 Å². The van der Waals surface area contributed by atoms with Crippen LogP contribution in [-0.4, -0.2) is 11.8 Å². The lowest BCUT2D eigenvalue weighted by Crippen LogP contribution is -2.42. The number of carbonyl (C=O) groups is 1. The second-order valence-electron chi connectivity index (χ2n) is 5.65. The minimum Gasteiger partial charge on any atom is -0.321 e. The summed E-state index contributed by atoms with van der Waals surface area (Å²) in [5, 5.41) is 0. The van der Waals surface area contributed by atoms with Gasteiger partial charge in [-0.3, -0.25) is 4.79 Å². The topological polar surface area (TPSA) is 43.1 Å². The van der Waals surface area contributed by atoms with Crippen LogP contribution < -0.4 is 5.73 Å². The summed E-state index contributed by atoms with van der Waals surface area (Å²) in [5.74, 6) is 0.0283. The molecule has 0 aliphatic rings. The Labute approximate surface area is 104 Å².